The van der Waals surface area contributed by atoms with Crippen LogP contribution < -0.4 is 5.73 Å². The van der Waals surface area contributed by atoms with Crippen LogP contribution in [0, 0.1) is 5.82 Å². The third-order valence-corrected chi connectivity index (χ3v) is 4.38. The Balaban J connectivity index is 1.70. The van der Waals surface area contributed by atoms with Gasteiger partial charge in [-0.25, -0.2) is 4.39 Å². The predicted molar refractivity (Wildman–Crippen MR) is 105 cm³/mol. The zero-order valence-corrected chi connectivity index (χ0v) is 15.7. The summed E-state index contributed by atoms with van der Waals surface area (Å²) in [5, 5.41) is 4.10. The highest BCUT2D eigenvalue weighted by molar-refractivity contribution is 5.79. The molecule has 5 nitrogen and oxygen atoms in total. The molecular formula is C21H23FN4O. The normalized spacial score (nSPS) is 12.8. The minimum absolute atomic E-state index is 0.151. The van der Waals surface area contributed by atoms with Crippen LogP contribution >= 0.6 is 0 Å². The molecule has 3 aromatic rings. The highest BCUT2D eigenvalue weighted by atomic mass is 19.1. The molecule has 140 valence electrons. The molecule has 1 aromatic heterocycles. The third-order valence-electron chi connectivity index (χ3n) is 4.38. The van der Waals surface area contributed by atoms with E-state index in [0.717, 1.165) is 23.2 Å². The van der Waals surface area contributed by atoms with Crippen molar-refractivity contribution in [2.75, 3.05) is 14.1 Å². The molecule has 0 amide bonds. The van der Waals surface area contributed by atoms with E-state index in [9.17, 15) is 4.39 Å². The topological polar surface area (TPSA) is 67.7 Å². The Hall–Kier alpha value is -3.15. The van der Waals surface area contributed by atoms with Gasteiger partial charge in [0.2, 0.25) is 0 Å². The number of hydrogen-bond acceptors (Lipinski definition) is 3. The second-order valence-corrected chi connectivity index (χ2v) is 6.74. The third kappa shape index (κ3) is 4.53. The molecule has 0 radical (unpaired) electrons. The van der Waals surface area contributed by atoms with E-state index in [2.05, 4.69) is 17.1 Å². The number of hydrogen-bond donors (Lipinski definition) is 1. The summed E-state index contributed by atoms with van der Waals surface area (Å²) in [5.74, 6) is 0.677. The van der Waals surface area contributed by atoms with Crippen molar-refractivity contribution in [3.8, 4) is 11.1 Å². The Morgan fingerprint density at radius 2 is 1.89 bits per heavy atom. The Morgan fingerprint density at radius 3 is 2.56 bits per heavy atom. The van der Waals surface area contributed by atoms with E-state index >= 15 is 0 Å². The smallest absolute Gasteiger partial charge is 0.253 e. The lowest BCUT2D eigenvalue weighted by Crippen LogP contribution is -2.29. The summed E-state index contributed by atoms with van der Waals surface area (Å²) in [6.45, 7) is 2.07. The predicted octanol–water partition coefficient (Wildman–Crippen LogP) is 4.33. The van der Waals surface area contributed by atoms with Gasteiger partial charge in [0.25, 0.3) is 5.88 Å². The van der Waals surface area contributed by atoms with Gasteiger partial charge in [-0.15, -0.1) is 0 Å². The first-order chi connectivity index (χ1) is 12.9. The summed E-state index contributed by atoms with van der Waals surface area (Å²) in [7, 11) is 3.62. The fourth-order valence-electron chi connectivity index (χ4n) is 2.75. The monoisotopic (exact) mass is 366 g/mol. The molecule has 27 heavy (non-hydrogen) atoms. The Kier molecular flexibility index (Phi) is 5.54. The molecule has 1 unspecified atom stereocenters. The van der Waals surface area contributed by atoms with Crippen molar-refractivity contribution in [2.45, 2.75) is 19.3 Å². The van der Waals surface area contributed by atoms with Crippen LogP contribution in [0.1, 0.15) is 24.1 Å². The van der Waals surface area contributed by atoms with Crippen molar-refractivity contribution < 1.29 is 8.91 Å². The van der Waals surface area contributed by atoms with Crippen molar-refractivity contribution in [1.82, 2.24) is 10.1 Å². The first-order valence-corrected chi connectivity index (χ1v) is 8.76. The van der Waals surface area contributed by atoms with Crippen molar-refractivity contribution in [1.29, 1.82) is 0 Å². The van der Waals surface area contributed by atoms with E-state index in [4.69, 9.17) is 10.3 Å². The molecule has 0 saturated carbocycles. The minimum atomic E-state index is -0.216. The van der Waals surface area contributed by atoms with Crippen LogP contribution in [-0.2, 0) is 6.42 Å². The zero-order chi connectivity index (χ0) is 19.4. The summed E-state index contributed by atoms with van der Waals surface area (Å²) in [6, 6.07) is 16.5. The average Bonchev–Trinajstić information content (AvgIpc) is 3.11. The summed E-state index contributed by atoms with van der Waals surface area (Å²) in [5.41, 5.74) is 9.22. The molecule has 0 bridgehead atoms. The van der Waals surface area contributed by atoms with Crippen molar-refractivity contribution in [3.63, 3.8) is 0 Å². The Morgan fingerprint density at radius 1 is 1.19 bits per heavy atom. The minimum Gasteiger partial charge on any atom is -0.369 e. The van der Waals surface area contributed by atoms with Crippen LogP contribution in [0.25, 0.3) is 11.1 Å². The van der Waals surface area contributed by atoms with Crippen molar-refractivity contribution >= 4 is 11.8 Å². The average molecular weight is 366 g/mol. The first-order valence-electron chi connectivity index (χ1n) is 8.76. The summed E-state index contributed by atoms with van der Waals surface area (Å²) in [6.07, 6.45) is 0.788. The van der Waals surface area contributed by atoms with Crippen LogP contribution in [0.5, 0.6) is 0 Å². The van der Waals surface area contributed by atoms with Gasteiger partial charge in [-0.3, -0.25) is 0 Å². The van der Waals surface area contributed by atoms with Gasteiger partial charge < -0.3 is 15.2 Å². The van der Waals surface area contributed by atoms with Gasteiger partial charge in [0.15, 0.2) is 5.96 Å². The van der Waals surface area contributed by atoms with Crippen molar-refractivity contribution in [3.05, 3.63) is 71.7 Å². The molecule has 0 aliphatic heterocycles. The van der Waals surface area contributed by atoms with Crippen LogP contribution in [0.3, 0.4) is 0 Å². The fourth-order valence-corrected chi connectivity index (χ4v) is 2.75. The van der Waals surface area contributed by atoms with Gasteiger partial charge in [0, 0.05) is 31.6 Å². The number of aliphatic imine (C=N–C) groups is 1. The lowest BCUT2D eigenvalue weighted by molar-refractivity contribution is 0.415. The van der Waals surface area contributed by atoms with E-state index in [-0.39, 0.29) is 11.7 Å². The lowest BCUT2D eigenvalue weighted by atomic mass is 9.96. The molecule has 0 saturated heterocycles. The molecule has 2 aromatic carbocycles. The molecule has 1 heterocycles. The molecular weight excluding hydrogens is 343 g/mol. The van der Waals surface area contributed by atoms with Gasteiger partial charge in [0.1, 0.15) is 5.82 Å². The number of benzene rings is 2. The SMILES string of the molecule is CC(Cc1ccc(-c2ccccc2F)cc1)c1cc(N=C(N)N(C)C)on1. The van der Waals surface area contributed by atoms with Gasteiger partial charge >= 0.3 is 0 Å². The lowest BCUT2D eigenvalue weighted by Gasteiger charge is -2.09. The van der Waals surface area contributed by atoms with Crippen LogP contribution in [0.4, 0.5) is 10.3 Å². The van der Waals surface area contributed by atoms with Crippen LogP contribution in [0.15, 0.2) is 64.1 Å². The largest absolute Gasteiger partial charge is 0.369 e. The Bertz CT molecular complexity index is 931. The molecule has 0 aliphatic carbocycles. The van der Waals surface area contributed by atoms with E-state index in [1.54, 1.807) is 23.1 Å². The maximum Gasteiger partial charge on any atom is 0.253 e. The number of nitrogens with zero attached hydrogens (tertiary/aromatic N) is 3. The van der Waals surface area contributed by atoms with E-state index in [0.29, 0.717) is 17.4 Å². The maximum absolute atomic E-state index is 13.9. The van der Waals surface area contributed by atoms with Crippen LogP contribution in [-0.4, -0.2) is 30.1 Å². The van der Waals surface area contributed by atoms with Crippen LogP contribution in [0.2, 0.25) is 0 Å². The van der Waals surface area contributed by atoms with E-state index in [1.807, 2.05) is 44.4 Å². The highest BCUT2D eigenvalue weighted by Gasteiger charge is 2.13. The van der Waals surface area contributed by atoms with Gasteiger partial charge in [-0.1, -0.05) is 54.5 Å². The molecule has 1 atom stereocenters. The molecule has 6 heteroatoms. The van der Waals surface area contributed by atoms with E-state index < -0.39 is 0 Å². The number of halogens is 1. The van der Waals surface area contributed by atoms with Gasteiger partial charge in [-0.05, 0) is 23.6 Å². The van der Waals surface area contributed by atoms with E-state index in [1.165, 1.54) is 6.07 Å². The number of nitrogens with two attached hydrogens (primary N) is 1. The molecule has 3 rings (SSSR count). The molecule has 0 spiro atoms. The molecule has 0 aliphatic rings. The molecule has 0 fully saturated rings. The summed E-state index contributed by atoms with van der Waals surface area (Å²) < 4.78 is 19.2. The summed E-state index contributed by atoms with van der Waals surface area (Å²) >= 11 is 0. The number of aromatic nitrogens is 1. The second kappa shape index (κ2) is 8.03. The van der Waals surface area contributed by atoms with Gasteiger partial charge in [-0.2, -0.15) is 4.99 Å². The quantitative estimate of drug-likeness (QED) is 0.539. The summed E-state index contributed by atoms with van der Waals surface area (Å²) in [4.78, 5) is 5.87. The number of guanidine groups is 1. The van der Waals surface area contributed by atoms with Gasteiger partial charge in [0.05, 0.1) is 5.69 Å². The maximum atomic E-state index is 13.9. The number of rotatable bonds is 5. The second-order valence-electron chi connectivity index (χ2n) is 6.74. The zero-order valence-electron chi connectivity index (χ0n) is 15.7. The fraction of sp³-hybridized carbons (Fsp3) is 0.238. The standard InChI is InChI=1S/C21H23FN4O/c1-14(19-13-20(27-25-19)24-21(23)26(2)3)12-15-8-10-16(11-9-15)17-6-4-5-7-18(17)22/h4-11,13-14H,12H2,1-3H3,(H2,23,24). The highest BCUT2D eigenvalue weighted by Crippen LogP contribution is 2.26. The Labute approximate surface area is 158 Å². The van der Waals surface area contributed by atoms with Crippen molar-refractivity contribution in [2.24, 2.45) is 10.7 Å². The first kappa shape index (κ1) is 18.6. The molecule has 2 N–H and O–H groups in total.